The fraction of sp³-hybridized carbons (Fsp3) is 0.308. The molecule has 0 aliphatic rings. The van der Waals surface area contributed by atoms with Crippen LogP contribution in [0.15, 0.2) is 35.9 Å². The zero-order valence-corrected chi connectivity index (χ0v) is 9.41. The second-order valence-corrected chi connectivity index (χ2v) is 3.69. The molecule has 0 bridgehead atoms. The average Bonchev–Trinajstić information content (AvgIpc) is 2.17. The highest BCUT2D eigenvalue weighted by molar-refractivity contribution is 5.90. The van der Waals surface area contributed by atoms with E-state index in [1.54, 1.807) is 6.07 Å². The van der Waals surface area contributed by atoms with E-state index in [0.717, 1.165) is 11.1 Å². The minimum atomic E-state index is -0.259. The summed E-state index contributed by atoms with van der Waals surface area (Å²) in [7, 11) is 0. The molecule has 2 nitrogen and oxygen atoms in total. The Kier molecular flexibility index (Phi) is 4.10. The lowest BCUT2D eigenvalue weighted by molar-refractivity contribution is 0.0548. The van der Waals surface area contributed by atoms with Gasteiger partial charge in [0.1, 0.15) is 6.61 Å². The first-order chi connectivity index (χ1) is 7.11. The van der Waals surface area contributed by atoms with Crippen molar-refractivity contribution in [2.45, 2.75) is 20.8 Å². The zero-order valence-electron chi connectivity index (χ0n) is 9.41. The molecule has 1 rings (SSSR count). The van der Waals surface area contributed by atoms with E-state index in [0.29, 0.717) is 12.2 Å². The second-order valence-electron chi connectivity index (χ2n) is 3.69. The molecule has 0 spiro atoms. The molecule has 0 amide bonds. The third-order valence-electron chi connectivity index (χ3n) is 2.07. The van der Waals surface area contributed by atoms with E-state index in [1.165, 1.54) is 0 Å². The number of carbonyl (C=O) groups excluding carboxylic acids is 1. The van der Waals surface area contributed by atoms with Gasteiger partial charge in [-0.25, -0.2) is 4.79 Å². The van der Waals surface area contributed by atoms with Crippen molar-refractivity contribution in [3.8, 4) is 0 Å². The van der Waals surface area contributed by atoms with E-state index >= 15 is 0 Å². The maximum Gasteiger partial charge on any atom is 0.338 e. The van der Waals surface area contributed by atoms with Crippen LogP contribution in [-0.2, 0) is 4.74 Å². The van der Waals surface area contributed by atoms with Gasteiger partial charge in [0.2, 0.25) is 0 Å². The molecule has 1 aromatic rings. The number of rotatable bonds is 3. The summed E-state index contributed by atoms with van der Waals surface area (Å²) in [6.45, 7) is 6.19. The Morgan fingerprint density at radius 3 is 2.60 bits per heavy atom. The summed E-state index contributed by atoms with van der Waals surface area (Å²) >= 11 is 0. The van der Waals surface area contributed by atoms with E-state index < -0.39 is 0 Å². The van der Waals surface area contributed by atoms with Crippen LogP contribution in [0.25, 0.3) is 0 Å². The third kappa shape index (κ3) is 3.58. The summed E-state index contributed by atoms with van der Waals surface area (Å²) in [4.78, 5) is 11.6. The molecule has 0 unspecified atom stereocenters. The molecule has 80 valence electrons. The standard InChI is InChI=1S/C13H16O2/c1-10(2)8-9-15-13(14)12-7-5-4-6-11(12)3/h4-8H,9H2,1-3H3. The lowest BCUT2D eigenvalue weighted by Crippen LogP contribution is -2.06. The summed E-state index contributed by atoms with van der Waals surface area (Å²) in [5.74, 6) is -0.259. The van der Waals surface area contributed by atoms with Gasteiger partial charge in [0.25, 0.3) is 0 Å². The van der Waals surface area contributed by atoms with Gasteiger partial charge in [-0.2, -0.15) is 0 Å². The number of ether oxygens (including phenoxy) is 1. The number of esters is 1. The van der Waals surface area contributed by atoms with Crippen LogP contribution in [-0.4, -0.2) is 12.6 Å². The van der Waals surface area contributed by atoms with Crippen LogP contribution < -0.4 is 0 Å². The monoisotopic (exact) mass is 204 g/mol. The Morgan fingerprint density at radius 2 is 2.00 bits per heavy atom. The minimum absolute atomic E-state index is 0.259. The summed E-state index contributed by atoms with van der Waals surface area (Å²) in [5.41, 5.74) is 2.73. The van der Waals surface area contributed by atoms with E-state index in [2.05, 4.69) is 0 Å². The van der Waals surface area contributed by atoms with Crippen LogP contribution in [0.5, 0.6) is 0 Å². The molecule has 0 heterocycles. The molecule has 0 aliphatic heterocycles. The van der Waals surface area contributed by atoms with Gasteiger partial charge in [-0.1, -0.05) is 23.8 Å². The highest BCUT2D eigenvalue weighted by Crippen LogP contribution is 2.08. The van der Waals surface area contributed by atoms with Crippen LogP contribution in [0.2, 0.25) is 0 Å². The van der Waals surface area contributed by atoms with Gasteiger partial charge in [0, 0.05) is 0 Å². The van der Waals surface area contributed by atoms with Crippen LogP contribution in [0, 0.1) is 6.92 Å². The Hall–Kier alpha value is -1.57. The van der Waals surface area contributed by atoms with E-state index in [4.69, 9.17) is 4.74 Å². The van der Waals surface area contributed by atoms with Crippen molar-refractivity contribution >= 4 is 5.97 Å². The largest absolute Gasteiger partial charge is 0.458 e. The summed E-state index contributed by atoms with van der Waals surface area (Å²) in [5, 5.41) is 0. The normalized spacial score (nSPS) is 9.53. The number of hydrogen-bond donors (Lipinski definition) is 0. The van der Waals surface area contributed by atoms with Crippen molar-refractivity contribution in [1.29, 1.82) is 0 Å². The quantitative estimate of drug-likeness (QED) is 0.558. The first-order valence-electron chi connectivity index (χ1n) is 4.97. The fourth-order valence-electron chi connectivity index (χ4n) is 1.16. The van der Waals surface area contributed by atoms with Crippen LogP contribution in [0.4, 0.5) is 0 Å². The third-order valence-corrected chi connectivity index (χ3v) is 2.07. The highest BCUT2D eigenvalue weighted by Gasteiger charge is 2.07. The van der Waals surface area contributed by atoms with Crippen LogP contribution >= 0.6 is 0 Å². The topological polar surface area (TPSA) is 26.3 Å². The molecule has 0 radical (unpaired) electrons. The molecule has 2 heteroatoms. The molecule has 0 saturated heterocycles. The van der Waals surface area contributed by atoms with Gasteiger partial charge in [-0.3, -0.25) is 0 Å². The lowest BCUT2D eigenvalue weighted by Gasteiger charge is -2.04. The number of aryl methyl sites for hydroxylation is 1. The van der Waals surface area contributed by atoms with Crippen LogP contribution in [0.1, 0.15) is 29.8 Å². The summed E-state index contributed by atoms with van der Waals surface area (Å²) < 4.78 is 5.10. The smallest absolute Gasteiger partial charge is 0.338 e. The zero-order chi connectivity index (χ0) is 11.3. The van der Waals surface area contributed by atoms with Gasteiger partial charge in [-0.05, 0) is 38.5 Å². The molecular formula is C13H16O2. The van der Waals surface area contributed by atoms with Crippen molar-refractivity contribution < 1.29 is 9.53 Å². The van der Waals surface area contributed by atoms with E-state index in [9.17, 15) is 4.79 Å². The van der Waals surface area contributed by atoms with E-state index in [1.807, 2.05) is 45.0 Å². The molecule has 15 heavy (non-hydrogen) atoms. The molecule has 0 saturated carbocycles. The van der Waals surface area contributed by atoms with Gasteiger partial charge in [-0.15, -0.1) is 0 Å². The Labute approximate surface area is 90.6 Å². The van der Waals surface area contributed by atoms with Crippen LogP contribution in [0.3, 0.4) is 0 Å². The maximum atomic E-state index is 11.6. The molecule has 0 aromatic heterocycles. The number of benzene rings is 1. The average molecular weight is 204 g/mol. The molecule has 0 fully saturated rings. The van der Waals surface area contributed by atoms with Gasteiger partial charge < -0.3 is 4.74 Å². The predicted octanol–water partition coefficient (Wildman–Crippen LogP) is 3.12. The van der Waals surface area contributed by atoms with Crippen molar-refractivity contribution in [2.75, 3.05) is 6.61 Å². The maximum absolute atomic E-state index is 11.6. The van der Waals surface area contributed by atoms with E-state index in [-0.39, 0.29) is 5.97 Å². The lowest BCUT2D eigenvalue weighted by atomic mass is 10.1. The summed E-state index contributed by atoms with van der Waals surface area (Å²) in [6, 6.07) is 7.42. The van der Waals surface area contributed by atoms with Gasteiger partial charge in [0.05, 0.1) is 5.56 Å². The Bertz CT molecular complexity index is 374. The minimum Gasteiger partial charge on any atom is -0.458 e. The predicted molar refractivity (Wildman–Crippen MR) is 60.9 cm³/mol. The first-order valence-corrected chi connectivity index (χ1v) is 4.97. The molecule has 0 atom stereocenters. The van der Waals surface area contributed by atoms with Crippen molar-refractivity contribution in [2.24, 2.45) is 0 Å². The van der Waals surface area contributed by atoms with Crippen molar-refractivity contribution in [3.63, 3.8) is 0 Å². The second kappa shape index (κ2) is 5.35. The molecule has 0 N–H and O–H groups in total. The molecule has 1 aromatic carbocycles. The van der Waals surface area contributed by atoms with Crippen molar-refractivity contribution in [1.82, 2.24) is 0 Å². The number of hydrogen-bond acceptors (Lipinski definition) is 2. The highest BCUT2D eigenvalue weighted by atomic mass is 16.5. The Morgan fingerprint density at radius 1 is 1.33 bits per heavy atom. The van der Waals surface area contributed by atoms with Crippen molar-refractivity contribution in [3.05, 3.63) is 47.0 Å². The molecule has 0 aliphatic carbocycles. The first kappa shape index (κ1) is 11.5. The summed E-state index contributed by atoms with van der Waals surface area (Å²) in [6.07, 6.45) is 1.89. The number of allylic oxidation sites excluding steroid dienone is 1. The number of carbonyl (C=O) groups is 1. The van der Waals surface area contributed by atoms with Gasteiger partial charge >= 0.3 is 5.97 Å². The fourth-order valence-corrected chi connectivity index (χ4v) is 1.16. The SMILES string of the molecule is CC(C)=CCOC(=O)c1ccccc1C. The Balaban J connectivity index is 2.62. The van der Waals surface area contributed by atoms with Gasteiger partial charge in [0.15, 0.2) is 0 Å². The molecular weight excluding hydrogens is 188 g/mol.